The minimum atomic E-state index is -4.22. The average molecular weight is 441 g/mol. The number of carboxylic acids is 2. The number of anilines is 1. The second-order valence-electron chi connectivity index (χ2n) is 6.47. The molecule has 3 aromatic rings. The number of carbonyl (C=O) groups is 2. The number of rotatable bonds is 8. The number of hydrogen-bond acceptors (Lipinski definition) is 5. The van der Waals surface area contributed by atoms with Gasteiger partial charge in [0.1, 0.15) is 12.3 Å². The summed E-state index contributed by atoms with van der Waals surface area (Å²) in [6, 6.07) is 15.4. The van der Waals surface area contributed by atoms with Crippen LogP contribution >= 0.6 is 0 Å². The van der Waals surface area contributed by atoms with Crippen LogP contribution in [0.5, 0.6) is 5.75 Å². The number of ether oxygens (including phenoxy) is 1. The van der Waals surface area contributed by atoms with Crippen LogP contribution in [0.1, 0.15) is 5.56 Å². The van der Waals surface area contributed by atoms with E-state index >= 15 is 0 Å². The number of nitrogens with zero attached hydrogens (tertiary/aromatic N) is 1. The number of benzene rings is 3. The van der Waals surface area contributed by atoms with Crippen LogP contribution in [0.2, 0.25) is 0 Å². The van der Waals surface area contributed by atoms with Crippen LogP contribution < -0.4 is 9.04 Å². The van der Waals surface area contributed by atoms with Crippen molar-refractivity contribution >= 4 is 44.5 Å². The zero-order valence-electron chi connectivity index (χ0n) is 16.4. The molecule has 0 fully saturated rings. The van der Waals surface area contributed by atoms with Gasteiger partial charge in [0.2, 0.25) is 0 Å². The Balaban J connectivity index is 2.20. The van der Waals surface area contributed by atoms with Gasteiger partial charge in [-0.3, -0.25) is 9.10 Å². The summed E-state index contributed by atoms with van der Waals surface area (Å²) in [4.78, 5) is 22.3. The van der Waals surface area contributed by atoms with Gasteiger partial charge in [0.15, 0.2) is 0 Å². The molecule has 9 heteroatoms. The van der Waals surface area contributed by atoms with E-state index in [1.54, 1.807) is 30.3 Å². The fourth-order valence-electron chi connectivity index (χ4n) is 3.13. The Morgan fingerprint density at radius 3 is 2.19 bits per heavy atom. The largest absolute Gasteiger partial charge is 0.497 e. The predicted octanol–water partition coefficient (Wildman–Crippen LogP) is 3.23. The summed E-state index contributed by atoms with van der Waals surface area (Å²) >= 11 is 0. The third-order valence-electron chi connectivity index (χ3n) is 4.54. The topological polar surface area (TPSA) is 121 Å². The van der Waals surface area contributed by atoms with Gasteiger partial charge in [0.25, 0.3) is 10.0 Å². The van der Waals surface area contributed by atoms with Crippen molar-refractivity contribution in [2.75, 3.05) is 18.0 Å². The highest BCUT2D eigenvalue weighted by Gasteiger charge is 2.28. The Morgan fingerprint density at radius 1 is 0.968 bits per heavy atom. The first kappa shape index (κ1) is 21.8. The molecule has 0 saturated carbocycles. The summed E-state index contributed by atoms with van der Waals surface area (Å²) in [6.07, 6.45) is 2.37. The normalized spacial score (nSPS) is 11.5. The fraction of sp³-hybridized carbons (Fsp3) is 0.0909. The van der Waals surface area contributed by atoms with Gasteiger partial charge < -0.3 is 14.9 Å². The molecule has 8 nitrogen and oxygen atoms in total. The Kier molecular flexibility index (Phi) is 6.26. The maximum absolute atomic E-state index is 13.3. The number of hydrogen-bond donors (Lipinski definition) is 2. The van der Waals surface area contributed by atoms with Gasteiger partial charge in [-0.05, 0) is 47.4 Å². The first-order valence-electron chi connectivity index (χ1n) is 9.05. The van der Waals surface area contributed by atoms with Crippen molar-refractivity contribution in [3.05, 3.63) is 72.3 Å². The lowest BCUT2D eigenvalue weighted by Crippen LogP contribution is -2.35. The maximum Gasteiger partial charge on any atom is 0.328 e. The van der Waals surface area contributed by atoms with Gasteiger partial charge in [0.05, 0.1) is 17.7 Å². The molecule has 0 radical (unpaired) electrons. The lowest BCUT2D eigenvalue weighted by atomic mass is 10.0. The summed E-state index contributed by atoms with van der Waals surface area (Å²) in [6.45, 7) is -0.789. The molecule has 3 aromatic carbocycles. The van der Waals surface area contributed by atoms with Crippen LogP contribution in [0.3, 0.4) is 0 Å². The number of methoxy groups -OCH3 is 1. The number of fused-ring (bicyclic) bond motifs is 1. The molecule has 0 heterocycles. The van der Waals surface area contributed by atoms with E-state index in [-0.39, 0.29) is 10.6 Å². The Hall–Kier alpha value is -3.85. The van der Waals surface area contributed by atoms with Crippen molar-refractivity contribution in [2.24, 2.45) is 0 Å². The van der Waals surface area contributed by atoms with Gasteiger partial charge in [-0.2, -0.15) is 0 Å². The molecule has 3 rings (SSSR count). The van der Waals surface area contributed by atoms with E-state index in [0.717, 1.165) is 10.4 Å². The van der Waals surface area contributed by atoms with Crippen LogP contribution in [0, 0.1) is 0 Å². The Morgan fingerprint density at radius 2 is 1.61 bits per heavy atom. The molecule has 0 amide bonds. The molecule has 0 atom stereocenters. The first-order valence-corrected chi connectivity index (χ1v) is 10.5. The van der Waals surface area contributed by atoms with E-state index in [0.29, 0.717) is 22.1 Å². The third-order valence-corrected chi connectivity index (χ3v) is 6.31. The van der Waals surface area contributed by atoms with E-state index < -0.39 is 28.5 Å². The molecular formula is C22H19NO7S. The van der Waals surface area contributed by atoms with Crippen LogP contribution in [-0.4, -0.2) is 44.2 Å². The Labute approximate surface area is 178 Å². The number of sulfonamides is 1. The molecule has 0 saturated heterocycles. The maximum atomic E-state index is 13.3. The lowest BCUT2D eigenvalue weighted by Gasteiger charge is -2.25. The molecule has 0 bridgehead atoms. The summed E-state index contributed by atoms with van der Waals surface area (Å²) < 4.78 is 32.6. The molecule has 0 unspecified atom stereocenters. The minimum absolute atomic E-state index is 0.0894. The predicted molar refractivity (Wildman–Crippen MR) is 116 cm³/mol. The van der Waals surface area contributed by atoms with Crippen molar-refractivity contribution in [1.29, 1.82) is 0 Å². The monoisotopic (exact) mass is 441 g/mol. The lowest BCUT2D eigenvalue weighted by molar-refractivity contribution is -0.135. The van der Waals surface area contributed by atoms with Crippen LogP contribution in [-0.2, 0) is 19.6 Å². The zero-order valence-corrected chi connectivity index (χ0v) is 17.2. The molecule has 0 aliphatic carbocycles. The summed E-state index contributed by atoms with van der Waals surface area (Å²) in [5.41, 5.74) is 0.722. The van der Waals surface area contributed by atoms with Crippen molar-refractivity contribution in [3.8, 4) is 5.75 Å². The highest BCUT2D eigenvalue weighted by Crippen LogP contribution is 2.33. The summed E-state index contributed by atoms with van der Waals surface area (Å²) in [5, 5.41) is 19.4. The van der Waals surface area contributed by atoms with Gasteiger partial charge in [-0.1, -0.05) is 30.3 Å². The standard InChI is InChI=1S/C22H19NO7S/c1-30-16-8-10-17(11-9-16)31(28,29)23(14-22(26)27)20-12-6-15(7-13-21(24)25)18-4-2-3-5-19(18)20/h2-13H,14H2,1H3,(H,24,25)(H,26,27). The fourth-order valence-corrected chi connectivity index (χ4v) is 4.56. The molecule has 0 aromatic heterocycles. The van der Waals surface area contributed by atoms with E-state index in [9.17, 15) is 23.1 Å². The first-order chi connectivity index (χ1) is 14.7. The second-order valence-corrected chi connectivity index (χ2v) is 8.33. The smallest absolute Gasteiger partial charge is 0.328 e. The van der Waals surface area contributed by atoms with Crippen molar-refractivity contribution in [2.45, 2.75) is 4.90 Å². The molecule has 160 valence electrons. The quantitative estimate of drug-likeness (QED) is 0.515. The van der Waals surface area contributed by atoms with Crippen molar-refractivity contribution in [1.82, 2.24) is 0 Å². The number of aliphatic carboxylic acids is 2. The van der Waals surface area contributed by atoms with Crippen LogP contribution in [0.25, 0.3) is 16.8 Å². The Bertz CT molecular complexity index is 1260. The molecule has 0 aliphatic heterocycles. The molecule has 2 N–H and O–H groups in total. The van der Waals surface area contributed by atoms with E-state index in [4.69, 9.17) is 9.84 Å². The van der Waals surface area contributed by atoms with Crippen molar-refractivity contribution < 1.29 is 33.0 Å². The number of carboxylic acid groups (broad SMARTS) is 2. The van der Waals surface area contributed by atoms with E-state index in [2.05, 4.69) is 0 Å². The molecule has 0 aliphatic rings. The van der Waals surface area contributed by atoms with Crippen LogP contribution in [0.15, 0.2) is 71.6 Å². The zero-order chi connectivity index (χ0) is 22.6. The van der Waals surface area contributed by atoms with Gasteiger partial charge in [0, 0.05) is 11.5 Å². The molecule has 31 heavy (non-hydrogen) atoms. The summed E-state index contributed by atoms with van der Waals surface area (Å²) in [5.74, 6) is -1.98. The van der Waals surface area contributed by atoms with Gasteiger partial charge in [-0.25, -0.2) is 13.2 Å². The minimum Gasteiger partial charge on any atom is -0.497 e. The third kappa shape index (κ3) is 4.67. The molecular weight excluding hydrogens is 422 g/mol. The highest BCUT2D eigenvalue weighted by molar-refractivity contribution is 7.92. The second kappa shape index (κ2) is 8.88. The highest BCUT2D eigenvalue weighted by atomic mass is 32.2. The van der Waals surface area contributed by atoms with Gasteiger partial charge in [-0.15, -0.1) is 0 Å². The van der Waals surface area contributed by atoms with E-state index in [1.165, 1.54) is 43.5 Å². The van der Waals surface area contributed by atoms with E-state index in [1.807, 2.05) is 0 Å². The van der Waals surface area contributed by atoms with Crippen LogP contribution in [0.4, 0.5) is 5.69 Å². The van der Waals surface area contributed by atoms with Gasteiger partial charge >= 0.3 is 11.9 Å². The van der Waals surface area contributed by atoms with Crippen molar-refractivity contribution in [3.63, 3.8) is 0 Å². The average Bonchev–Trinajstić information content (AvgIpc) is 2.75. The summed E-state index contributed by atoms with van der Waals surface area (Å²) in [7, 11) is -2.77. The molecule has 0 spiro atoms. The SMILES string of the molecule is COc1ccc(S(=O)(=O)N(CC(=O)O)c2ccc(C=CC(=O)O)c3ccccc23)cc1.